The second kappa shape index (κ2) is 8.32. The molecule has 3 N–H and O–H groups in total. The van der Waals surface area contributed by atoms with Gasteiger partial charge in [-0.05, 0) is 27.0 Å². The number of aromatic nitrogens is 2. The number of nitrogens with zero attached hydrogens (tertiary/aromatic N) is 2. The van der Waals surface area contributed by atoms with E-state index in [4.69, 9.17) is 0 Å². The van der Waals surface area contributed by atoms with Gasteiger partial charge in [-0.15, -0.1) is 0 Å². The summed E-state index contributed by atoms with van der Waals surface area (Å²) in [6, 6.07) is 0.141. The van der Waals surface area contributed by atoms with Gasteiger partial charge in [0.1, 0.15) is 17.5 Å². The van der Waals surface area contributed by atoms with E-state index in [-0.39, 0.29) is 17.9 Å². The predicted octanol–water partition coefficient (Wildman–Crippen LogP) is 2.30. The second-order valence-electron chi connectivity index (χ2n) is 4.74. The van der Waals surface area contributed by atoms with Crippen molar-refractivity contribution in [2.24, 2.45) is 0 Å². The van der Waals surface area contributed by atoms with Crippen molar-refractivity contribution in [2.75, 3.05) is 30.0 Å². The number of anilines is 2. The summed E-state index contributed by atoms with van der Waals surface area (Å²) in [4.78, 5) is 9.09. The molecule has 0 aliphatic rings. The minimum atomic E-state index is 0.141. The molecular formula is C14H26N4OS. The van der Waals surface area contributed by atoms with Gasteiger partial charge in [-0.2, -0.15) is 11.8 Å². The van der Waals surface area contributed by atoms with Crippen LogP contribution in [0.2, 0.25) is 0 Å². The Kier molecular flexibility index (Phi) is 7.09. The first-order valence-electron chi connectivity index (χ1n) is 7.08. The summed E-state index contributed by atoms with van der Waals surface area (Å²) < 4.78 is 0. The molecule has 2 unspecified atom stereocenters. The molecule has 20 heavy (non-hydrogen) atoms. The van der Waals surface area contributed by atoms with Gasteiger partial charge in [0, 0.05) is 29.8 Å². The van der Waals surface area contributed by atoms with Gasteiger partial charge in [0.25, 0.3) is 0 Å². The molecular weight excluding hydrogens is 272 g/mol. The number of nitrogens with one attached hydrogen (secondary N) is 2. The Bertz CT molecular complexity index is 424. The molecule has 0 fully saturated rings. The zero-order valence-corrected chi connectivity index (χ0v) is 13.8. The van der Waals surface area contributed by atoms with E-state index in [9.17, 15) is 5.11 Å². The third-order valence-corrected chi connectivity index (χ3v) is 4.42. The van der Waals surface area contributed by atoms with Crippen molar-refractivity contribution in [2.45, 2.75) is 45.4 Å². The predicted molar refractivity (Wildman–Crippen MR) is 87.8 cm³/mol. The van der Waals surface area contributed by atoms with Crippen molar-refractivity contribution >= 4 is 23.4 Å². The molecule has 1 aromatic heterocycles. The molecule has 0 amide bonds. The molecule has 1 heterocycles. The van der Waals surface area contributed by atoms with Gasteiger partial charge in [0.05, 0.1) is 6.61 Å². The molecule has 0 aliphatic heterocycles. The van der Waals surface area contributed by atoms with E-state index < -0.39 is 0 Å². The zero-order chi connectivity index (χ0) is 15.1. The fourth-order valence-electron chi connectivity index (χ4n) is 1.95. The van der Waals surface area contributed by atoms with E-state index in [1.807, 2.05) is 20.1 Å². The van der Waals surface area contributed by atoms with E-state index in [1.54, 1.807) is 11.8 Å². The van der Waals surface area contributed by atoms with Crippen molar-refractivity contribution in [3.63, 3.8) is 0 Å². The quantitative estimate of drug-likeness (QED) is 0.684. The first kappa shape index (κ1) is 17.0. The van der Waals surface area contributed by atoms with E-state index in [2.05, 4.69) is 34.4 Å². The van der Waals surface area contributed by atoms with E-state index >= 15 is 0 Å². The highest BCUT2D eigenvalue weighted by atomic mass is 32.2. The Morgan fingerprint density at radius 1 is 1.25 bits per heavy atom. The summed E-state index contributed by atoms with van der Waals surface area (Å²) >= 11 is 1.66. The highest BCUT2D eigenvalue weighted by molar-refractivity contribution is 7.99. The molecule has 0 spiro atoms. The molecule has 1 rings (SSSR count). The van der Waals surface area contributed by atoms with Gasteiger partial charge in [-0.1, -0.05) is 6.92 Å². The monoisotopic (exact) mass is 298 g/mol. The molecule has 0 radical (unpaired) electrons. The van der Waals surface area contributed by atoms with E-state index in [0.29, 0.717) is 0 Å². The lowest BCUT2D eigenvalue weighted by atomic mass is 10.2. The fraction of sp³-hybridized carbons (Fsp3) is 0.714. The van der Waals surface area contributed by atoms with Gasteiger partial charge in [0.15, 0.2) is 0 Å². The minimum Gasteiger partial charge on any atom is -0.395 e. The summed E-state index contributed by atoms with van der Waals surface area (Å²) in [7, 11) is 0. The third kappa shape index (κ3) is 4.24. The van der Waals surface area contributed by atoms with Crippen LogP contribution in [0.4, 0.5) is 11.6 Å². The lowest BCUT2D eigenvalue weighted by Crippen LogP contribution is -2.32. The summed E-state index contributed by atoms with van der Waals surface area (Å²) in [5.41, 5.74) is 1.02. The van der Waals surface area contributed by atoms with Crippen LogP contribution in [-0.2, 0) is 6.42 Å². The number of thioether (sulfide) groups is 1. The van der Waals surface area contributed by atoms with E-state index in [1.165, 1.54) is 0 Å². The number of aliphatic hydroxyl groups is 1. The number of hydrogen-bond donors (Lipinski definition) is 3. The fourth-order valence-corrected chi connectivity index (χ4v) is 2.57. The largest absolute Gasteiger partial charge is 0.395 e. The molecule has 0 saturated carbocycles. The van der Waals surface area contributed by atoms with Crippen molar-refractivity contribution in [3.05, 3.63) is 11.4 Å². The summed E-state index contributed by atoms with van der Waals surface area (Å²) in [6.45, 7) is 9.17. The summed E-state index contributed by atoms with van der Waals surface area (Å²) in [6.07, 6.45) is 2.81. The Morgan fingerprint density at radius 2 is 1.90 bits per heavy atom. The molecule has 0 aliphatic carbocycles. The van der Waals surface area contributed by atoms with Gasteiger partial charge < -0.3 is 15.7 Å². The third-order valence-electron chi connectivity index (χ3n) is 3.26. The molecule has 114 valence electrons. The van der Waals surface area contributed by atoms with Crippen LogP contribution in [-0.4, -0.2) is 45.8 Å². The maximum atomic E-state index is 9.38. The van der Waals surface area contributed by atoms with Crippen LogP contribution < -0.4 is 10.6 Å². The average Bonchev–Trinajstić information content (AvgIpc) is 2.44. The molecule has 0 aromatic carbocycles. The van der Waals surface area contributed by atoms with Crippen LogP contribution in [0.25, 0.3) is 0 Å². The summed E-state index contributed by atoms with van der Waals surface area (Å²) in [5, 5.41) is 16.2. The maximum absolute atomic E-state index is 9.38. The van der Waals surface area contributed by atoms with Crippen molar-refractivity contribution in [1.29, 1.82) is 0 Å². The van der Waals surface area contributed by atoms with Crippen molar-refractivity contribution < 1.29 is 5.11 Å². The Hall–Kier alpha value is -1.01. The standard InChI is InChI=1S/C14H26N4OS/c1-6-12-17-13(15-7-2)9(3)14(18-12)16-10(4)11(8-19)20-5/h10-11,19H,6-8H2,1-5H3,(H2,15,16,17,18). The highest BCUT2D eigenvalue weighted by Crippen LogP contribution is 2.23. The molecule has 0 saturated heterocycles. The molecule has 1 aromatic rings. The van der Waals surface area contributed by atoms with Gasteiger partial charge in [0.2, 0.25) is 0 Å². The average molecular weight is 298 g/mol. The van der Waals surface area contributed by atoms with E-state index in [0.717, 1.165) is 36.0 Å². The molecule has 2 atom stereocenters. The van der Waals surface area contributed by atoms with Crippen LogP contribution >= 0.6 is 11.8 Å². The number of rotatable bonds is 8. The molecule has 5 nitrogen and oxygen atoms in total. The van der Waals surface area contributed by atoms with Crippen molar-refractivity contribution in [3.8, 4) is 0 Å². The Morgan fingerprint density at radius 3 is 2.40 bits per heavy atom. The Balaban J connectivity index is 3.01. The van der Waals surface area contributed by atoms with Gasteiger partial charge in [-0.3, -0.25) is 0 Å². The van der Waals surface area contributed by atoms with Crippen LogP contribution in [0.1, 0.15) is 32.2 Å². The molecule has 6 heteroatoms. The first-order chi connectivity index (χ1) is 9.57. The van der Waals surface area contributed by atoms with Crippen LogP contribution in [0.15, 0.2) is 0 Å². The van der Waals surface area contributed by atoms with Gasteiger partial charge in [-0.25, -0.2) is 9.97 Å². The highest BCUT2D eigenvalue weighted by Gasteiger charge is 2.18. The van der Waals surface area contributed by atoms with Crippen LogP contribution in [0.5, 0.6) is 0 Å². The number of aryl methyl sites for hydroxylation is 1. The Labute approximate surface area is 126 Å². The normalized spacial score (nSPS) is 13.9. The minimum absolute atomic E-state index is 0.141. The van der Waals surface area contributed by atoms with Crippen LogP contribution in [0, 0.1) is 6.92 Å². The first-order valence-corrected chi connectivity index (χ1v) is 8.37. The number of aliphatic hydroxyl groups excluding tert-OH is 1. The smallest absolute Gasteiger partial charge is 0.135 e. The van der Waals surface area contributed by atoms with Gasteiger partial charge >= 0.3 is 0 Å². The van der Waals surface area contributed by atoms with Crippen molar-refractivity contribution in [1.82, 2.24) is 9.97 Å². The summed E-state index contributed by atoms with van der Waals surface area (Å²) in [5.74, 6) is 2.57. The maximum Gasteiger partial charge on any atom is 0.135 e. The SMILES string of the molecule is CCNc1nc(CC)nc(NC(C)C(CO)SC)c1C. The number of hydrogen-bond acceptors (Lipinski definition) is 6. The lowest BCUT2D eigenvalue weighted by molar-refractivity contribution is 0.288. The topological polar surface area (TPSA) is 70.1 Å². The lowest BCUT2D eigenvalue weighted by Gasteiger charge is -2.23. The molecule has 0 bridgehead atoms. The second-order valence-corrected chi connectivity index (χ2v) is 5.81. The van der Waals surface area contributed by atoms with Crippen LogP contribution in [0.3, 0.4) is 0 Å². The zero-order valence-electron chi connectivity index (χ0n) is 13.0.